The summed E-state index contributed by atoms with van der Waals surface area (Å²) in [6.45, 7) is 3.02. The number of urea groups is 1. The highest BCUT2D eigenvalue weighted by Gasteiger charge is 2.32. The van der Waals surface area contributed by atoms with E-state index in [0.29, 0.717) is 13.1 Å². The minimum atomic E-state index is -0.736. The SMILES string of the molecule is CCN(C)C(=O)NCC1CCCC1C(=O)O. The van der Waals surface area contributed by atoms with Crippen LogP contribution in [0.1, 0.15) is 26.2 Å². The van der Waals surface area contributed by atoms with Crippen molar-refractivity contribution in [1.29, 1.82) is 0 Å². The zero-order valence-corrected chi connectivity index (χ0v) is 9.90. The van der Waals surface area contributed by atoms with Crippen molar-refractivity contribution >= 4 is 12.0 Å². The molecular formula is C11H20N2O3. The molecule has 2 N–H and O–H groups in total. The molecule has 0 bridgehead atoms. The van der Waals surface area contributed by atoms with E-state index in [1.54, 1.807) is 11.9 Å². The second kappa shape index (κ2) is 5.72. The smallest absolute Gasteiger partial charge is 0.317 e. The molecule has 0 aromatic rings. The molecule has 5 nitrogen and oxygen atoms in total. The molecule has 0 radical (unpaired) electrons. The van der Waals surface area contributed by atoms with Crippen molar-refractivity contribution in [2.75, 3.05) is 20.1 Å². The Morgan fingerprint density at radius 2 is 2.12 bits per heavy atom. The van der Waals surface area contributed by atoms with Crippen LogP contribution < -0.4 is 5.32 Å². The molecule has 0 aliphatic heterocycles. The molecule has 0 aromatic heterocycles. The van der Waals surface area contributed by atoms with E-state index in [1.165, 1.54) is 0 Å². The molecule has 16 heavy (non-hydrogen) atoms. The third-order valence-electron chi connectivity index (χ3n) is 3.31. The number of nitrogens with one attached hydrogen (secondary N) is 1. The fourth-order valence-corrected chi connectivity index (χ4v) is 2.10. The summed E-state index contributed by atoms with van der Waals surface area (Å²) in [6, 6.07) is -0.126. The number of rotatable bonds is 4. The topological polar surface area (TPSA) is 69.6 Å². The van der Waals surface area contributed by atoms with Crippen LogP contribution in [0.4, 0.5) is 4.79 Å². The van der Waals surface area contributed by atoms with Crippen molar-refractivity contribution in [3.8, 4) is 0 Å². The Labute approximate surface area is 95.8 Å². The van der Waals surface area contributed by atoms with Crippen molar-refractivity contribution in [2.45, 2.75) is 26.2 Å². The van der Waals surface area contributed by atoms with Crippen LogP contribution in [0.5, 0.6) is 0 Å². The Balaban J connectivity index is 2.37. The monoisotopic (exact) mass is 228 g/mol. The first-order valence-electron chi connectivity index (χ1n) is 5.78. The molecule has 0 spiro atoms. The minimum Gasteiger partial charge on any atom is -0.481 e. The number of hydrogen-bond acceptors (Lipinski definition) is 2. The van der Waals surface area contributed by atoms with Gasteiger partial charge in [0.2, 0.25) is 0 Å². The first kappa shape index (κ1) is 12.8. The van der Waals surface area contributed by atoms with Crippen molar-refractivity contribution < 1.29 is 14.7 Å². The first-order valence-corrected chi connectivity index (χ1v) is 5.78. The van der Waals surface area contributed by atoms with Gasteiger partial charge in [-0.1, -0.05) is 6.42 Å². The average molecular weight is 228 g/mol. The fourth-order valence-electron chi connectivity index (χ4n) is 2.10. The van der Waals surface area contributed by atoms with Gasteiger partial charge in [0.15, 0.2) is 0 Å². The molecular weight excluding hydrogens is 208 g/mol. The van der Waals surface area contributed by atoms with Gasteiger partial charge in [-0.2, -0.15) is 0 Å². The van der Waals surface area contributed by atoms with Gasteiger partial charge in [-0.05, 0) is 25.7 Å². The van der Waals surface area contributed by atoms with E-state index in [1.807, 2.05) is 6.92 Å². The van der Waals surface area contributed by atoms with E-state index >= 15 is 0 Å². The van der Waals surface area contributed by atoms with Crippen LogP contribution in [0.2, 0.25) is 0 Å². The summed E-state index contributed by atoms with van der Waals surface area (Å²) < 4.78 is 0. The number of carboxylic acid groups (broad SMARTS) is 1. The van der Waals surface area contributed by atoms with Gasteiger partial charge >= 0.3 is 12.0 Å². The number of carbonyl (C=O) groups excluding carboxylic acids is 1. The lowest BCUT2D eigenvalue weighted by Crippen LogP contribution is -2.40. The normalized spacial score (nSPS) is 24.1. The molecule has 1 aliphatic rings. The lowest BCUT2D eigenvalue weighted by molar-refractivity contribution is -0.142. The molecule has 2 amide bonds. The van der Waals surface area contributed by atoms with E-state index in [4.69, 9.17) is 5.11 Å². The summed E-state index contributed by atoms with van der Waals surface area (Å²) in [6.07, 6.45) is 2.58. The van der Waals surface area contributed by atoms with Gasteiger partial charge in [-0.25, -0.2) is 4.79 Å². The molecule has 1 aliphatic carbocycles. The van der Waals surface area contributed by atoms with Crippen LogP contribution in [0, 0.1) is 11.8 Å². The average Bonchev–Trinajstić information content (AvgIpc) is 2.72. The van der Waals surface area contributed by atoms with E-state index in [2.05, 4.69) is 5.32 Å². The number of carboxylic acids is 1. The van der Waals surface area contributed by atoms with Gasteiger partial charge in [-0.3, -0.25) is 4.79 Å². The summed E-state index contributed by atoms with van der Waals surface area (Å²) in [5, 5.41) is 11.8. The summed E-state index contributed by atoms with van der Waals surface area (Å²) in [5.74, 6) is -0.931. The molecule has 92 valence electrons. The van der Waals surface area contributed by atoms with Crippen molar-refractivity contribution in [3.63, 3.8) is 0 Å². The third kappa shape index (κ3) is 3.12. The second-order valence-electron chi connectivity index (χ2n) is 4.34. The largest absolute Gasteiger partial charge is 0.481 e. The van der Waals surface area contributed by atoms with Gasteiger partial charge in [0.25, 0.3) is 0 Å². The molecule has 1 fully saturated rings. The van der Waals surface area contributed by atoms with Crippen molar-refractivity contribution in [1.82, 2.24) is 10.2 Å². The highest BCUT2D eigenvalue weighted by atomic mass is 16.4. The minimum absolute atomic E-state index is 0.0895. The fraction of sp³-hybridized carbons (Fsp3) is 0.818. The molecule has 0 heterocycles. The zero-order valence-electron chi connectivity index (χ0n) is 9.90. The summed E-state index contributed by atoms with van der Waals surface area (Å²) in [4.78, 5) is 24.0. The Bertz CT molecular complexity index is 268. The quantitative estimate of drug-likeness (QED) is 0.758. The van der Waals surface area contributed by atoms with Gasteiger partial charge in [-0.15, -0.1) is 0 Å². The number of aliphatic carboxylic acids is 1. The standard InChI is InChI=1S/C11H20N2O3/c1-3-13(2)11(16)12-7-8-5-4-6-9(8)10(14)15/h8-9H,3-7H2,1-2H3,(H,12,16)(H,14,15). The maximum absolute atomic E-state index is 11.5. The molecule has 1 saturated carbocycles. The van der Waals surface area contributed by atoms with E-state index in [0.717, 1.165) is 19.3 Å². The van der Waals surface area contributed by atoms with Crippen LogP contribution in [0.15, 0.2) is 0 Å². The predicted octanol–water partition coefficient (Wildman–Crippen LogP) is 1.15. The van der Waals surface area contributed by atoms with Crippen LogP contribution >= 0.6 is 0 Å². The maximum Gasteiger partial charge on any atom is 0.317 e. The highest BCUT2D eigenvalue weighted by Crippen LogP contribution is 2.31. The second-order valence-corrected chi connectivity index (χ2v) is 4.34. The number of amides is 2. The molecule has 2 unspecified atom stereocenters. The summed E-state index contributed by atoms with van der Waals surface area (Å²) >= 11 is 0. The van der Waals surface area contributed by atoms with Gasteiger partial charge in [0.05, 0.1) is 5.92 Å². The Morgan fingerprint density at radius 1 is 1.44 bits per heavy atom. The third-order valence-corrected chi connectivity index (χ3v) is 3.31. The Morgan fingerprint density at radius 3 is 2.69 bits per heavy atom. The highest BCUT2D eigenvalue weighted by molar-refractivity contribution is 5.74. The van der Waals surface area contributed by atoms with Gasteiger partial charge in [0, 0.05) is 20.1 Å². The lowest BCUT2D eigenvalue weighted by atomic mass is 9.96. The number of nitrogens with zero attached hydrogens (tertiary/aromatic N) is 1. The number of hydrogen-bond donors (Lipinski definition) is 2. The van der Waals surface area contributed by atoms with E-state index in [-0.39, 0.29) is 17.9 Å². The van der Waals surface area contributed by atoms with Crippen LogP contribution in [0.3, 0.4) is 0 Å². The molecule has 0 saturated heterocycles. The number of carbonyl (C=O) groups is 2. The Hall–Kier alpha value is -1.26. The maximum atomic E-state index is 11.5. The van der Waals surface area contributed by atoms with Crippen LogP contribution in [0.25, 0.3) is 0 Å². The predicted molar refractivity (Wildman–Crippen MR) is 60.2 cm³/mol. The van der Waals surface area contributed by atoms with Gasteiger partial charge < -0.3 is 15.3 Å². The molecule has 1 rings (SSSR count). The Kier molecular flexibility index (Phi) is 4.58. The van der Waals surface area contributed by atoms with Crippen molar-refractivity contribution in [3.05, 3.63) is 0 Å². The first-order chi connectivity index (χ1) is 7.56. The van der Waals surface area contributed by atoms with Crippen LogP contribution in [-0.4, -0.2) is 42.1 Å². The van der Waals surface area contributed by atoms with E-state index < -0.39 is 5.97 Å². The molecule has 5 heteroatoms. The summed E-state index contributed by atoms with van der Waals surface area (Å²) in [7, 11) is 1.72. The molecule has 2 atom stereocenters. The molecule has 0 aromatic carbocycles. The zero-order chi connectivity index (χ0) is 12.1. The van der Waals surface area contributed by atoms with Gasteiger partial charge in [0.1, 0.15) is 0 Å². The van der Waals surface area contributed by atoms with Crippen molar-refractivity contribution in [2.24, 2.45) is 11.8 Å². The lowest BCUT2D eigenvalue weighted by Gasteiger charge is -2.20. The van der Waals surface area contributed by atoms with Crippen LogP contribution in [-0.2, 0) is 4.79 Å². The van der Waals surface area contributed by atoms with E-state index in [9.17, 15) is 9.59 Å². The summed E-state index contributed by atoms with van der Waals surface area (Å²) in [5.41, 5.74) is 0.